The van der Waals surface area contributed by atoms with Crippen LogP contribution in [0.15, 0.2) is 30.5 Å². The van der Waals surface area contributed by atoms with E-state index in [-0.39, 0.29) is 5.48 Å². The van der Waals surface area contributed by atoms with E-state index < -0.39 is 0 Å². The van der Waals surface area contributed by atoms with Crippen molar-refractivity contribution in [1.82, 2.24) is 14.5 Å². The number of hydrogen-bond acceptors (Lipinski definition) is 3. The predicted octanol–water partition coefficient (Wildman–Crippen LogP) is 2.56. The summed E-state index contributed by atoms with van der Waals surface area (Å²) in [5.41, 5.74) is 3.11. The molecule has 2 N–H and O–H groups in total. The van der Waals surface area contributed by atoms with Gasteiger partial charge in [-0.1, -0.05) is 32.0 Å². The van der Waals surface area contributed by atoms with Crippen LogP contribution < -0.4 is 0 Å². The highest BCUT2D eigenvalue weighted by Crippen LogP contribution is 2.25. The molecule has 3 rings (SSSR count). The van der Waals surface area contributed by atoms with Crippen molar-refractivity contribution in [3.8, 4) is 0 Å². The van der Waals surface area contributed by atoms with Crippen LogP contribution in [0.1, 0.15) is 19.7 Å². The van der Waals surface area contributed by atoms with Crippen LogP contribution in [0.4, 0.5) is 0 Å². The van der Waals surface area contributed by atoms with Crippen LogP contribution in [0, 0.1) is 5.92 Å². The number of benzene rings is 1. The molecule has 2 heterocycles. The molecule has 3 aromatic rings. The fourth-order valence-corrected chi connectivity index (χ4v) is 2.61. The summed E-state index contributed by atoms with van der Waals surface area (Å²) in [5, 5.41) is 1.15. The van der Waals surface area contributed by atoms with Gasteiger partial charge in [0.15, 0.2) is 0 Å². The van der Waals surface area contributed by atoms with E-state index in [1.165, 1.54) is 0 Å². The Morgan fingerprint density at radius 1 is 1.19 bits per heavy atom. The molecule has 0 aliphatic rings. The molecule has 0 amide bonds. The maximum Gasteiger partial charge on any atom is 0.136 e. The SMILES string of the molecule is COCc1nc2cnc3ccccc3c2n1CC(C)C.O. The number of nitrogens with zero attached hydrogens (tertiary/aromatic N) is 3. The van der Waals surface area contributed by atoms with Crippen LogP contribution in [0.3, 0.4) is 0 Å². The summed E-state index contributed by atoms with van der Waals surface area (Å²) in [6.07, 6.45) is 1.85. The van der Waals surface area contributed by atoms with Gasteiger partial charge in [-0.2, -0.15) is 0 Å². The van der Waals surface area contributed by atoms with Crippen molar-refractivity contribution in [2.24, 2.45) is 5.92 Å². The minimum absolute atomic E-state index is 0. The molecule has 0 aliphatic heterocycles. The van der Waals surface area contributed by atoms with Gasteiger partial charge in [0.2, 0.25) is 0 Å². The second-order valence-electron chi connectivity index (χ2n) is 5.47. The van der Waals surface area contributed by atoms with Crippen molar-refractivity contribution in [1.29, 1.82) is 0 Å². The van der Waals surface area contributed by atoms with Crippen molar-refractivity contribution in [3.63, 3.8) is 0 Å². The lowest BCUT2D eigenvalue weighted by Crippen LogP contribution is -2.09. The number of fused-ring (bicyclic) bond motifs is 3. The second-order valence-corrected chi connectivity index (χ2v) is 5.47. The number of aromatic nitrogens is 3. The zero-order chi connectivity index (χ0) is 14.1. The predicted molar refractivity (Wildman–Crippen MR) is 84.2 cm³/mol. The van der Waals surface area contributed by atoms with Crippen LogP contribution in [-0.4, -0.2) is 27.1 Å². The van der Waals surface area contributed by atoms with E-state index in [0.717, 1.165) is 34.3 Å². The van der Waals surface area contributed by atoms with Crippen molar-refractivity contribution < 1.29 is 10.2 Å². The Kier molecular flexibility index (Phi) is 4.55. The van der Waals surface area contributed by atoms with Gasteiger partial charge in [0, 0.05) is 19.0 Å². The van der Waals surface area contributed by atoms with Crippen LogP contribution in [0.2, 0.25) is 0 Å². The molecule has 0 spiro atoms. The molecule has 0 aliphatic carbocycles. The summed E-state index contributed by atoms with van der Waals surface area (Å²) in [4.78, 5) is 9.17. The van der Waals surface area contributed by atoms with E-state index in [4.69, 9.17) is 4.74 Å². The van der Waals surface area contributed by atoms with E-state index in [1.807, 2.05) is 24.4 Å². The third kappa shape index (κ3) is 2.75. The third-order valence-electron chi connectivity index (χ3n) is 3.38. The summed E-state index contributed by atoms with van der Waals surface area (Å²) in [6, 6.07) is 8.21. The molecule has 0 radical (unpaired) electrons. The Morgan fingerprint density at radius 3 is 2.67 bits per heavy atom. The van der Waals surface area contributed by atoms with E-state index in [9.17, 15) is 0 Å². The maximum absolute atomic E-state index is 5.29. The Hall–Kier alpha value is -1.98. The maximum atomic E-state index is 5.29. The zero-order valence-electron chi connectivity index (χ0n) is 12.6. The van der Waals surface area contributed by atoms with E-state index >= 15 is 0 Å². The molecule has 5 heteroatoms. The zero-order valence-corrected chi connectivity index (χ0v) is 12.6. The van der Waals surface area contributed by atoms with Gasteiger partial charge in [-0.05, 0) is 12.0 Å². The number of ether oxygens (including phenoxy) is 1. The van der Waals surface area contributed by atoms with E-state index in [2.05, 4.69) is 34.4 Å². The first-order valence-corrected chi connectivity index (χ1v) is 6.92. The Bertz CT molecular complexity index is 750. The lowest BCUT2D eigenvalue weighted by molar-refractivity contribution is 0.174. The lowest BCUT2D eigenvalue weighted by atomic mass is 10.1. The number of rotatable bonds is 4. The van der Waals surface area contributed by atoms with Crippen LogP contribution >= 0.6 is 0 Å². The molecule has 112 valence electrons. The number of imidazole rings is 1. The summed E-state index contributed by atoms with van der Waals surface area (Å²) >= 11 is 0. The van der Waals surface area contributed by atoms with Crippen LogP contribution in [0.5, 0.6) is 0 Å². The van der Waals surface area contributed by atoms with E-state index in [0.29, 0.717) is 12.5 Å². The van der Waals surface area contributed by atoms with Crippen molar-refractivity contribution in [2.75, 3.05) is 7.11 Å². The van der Waals surface area contributed by atoms with Gasteiger partial charge in [0.05, 0.1) is 17.2 Å². The molecule has 0 bridgehead atoms. The number of hydrogen-bond donors (Lipinski definition) is 0. The molecule has 5 nitrogen and oxygen atoms in total. The molecular formula is C16H21N3O2. The third-order valence-corrected chi connectivity index (χ3v) is 3.38. The molecule has 0 saturated carbocycles. The fourth-order valence-electron chi connectivity index (χ4n) is 2.61. The average Bonchev–Trinajstić information content (AvgIpc) is 2.77. The molecule has 2 aromatic heterocycles. The first-order chi connectivity index (χ1) is 9.70. The minimum Gasteiger partial charge on any atom is -0.412 e. The minimum atomic E-state index is 0. The van der Waals surface area contributed by atoms with Gasteiger partial charge in [0.1, 0.15) is 17.9 Å². The first-order valence-electron chi connectivity index (χ1n) is 6.92. The highest BCUT2D eigenvalue weighted by atomic mass is 16.5. The quantitative estimate of drug-likeness (QED) is 0.740. The Labute approximate surface area is 123 Å². The van der Waals surface area contributed by atoms with Gasteiger partial charge in [-0.15, -0.1) is 0 Å². The molecular weight excluding hydrogens is 266 g/mol. The Morgan fingerprint density at radius 2 is 1.95 bits per heavy atom. The smallest absolute Gasteiger partial charge is 0.136 e. The number of para-hydroxylation sites is 1. The van der Waals surface area contributed by atoms with Crippen molar-refractivity contribution >= 4 is 21.9 Å². The van der Waals surface area contributed by atoms with Gasteiger partial charge < -0.3 is 14.8 Å². The standard InChI is InChI=1S/C16H19N3O.H2O/c1-11(2)9-19-15(10-20-3)18-14-8-17-13-7-5-4-6-12(13)16(14)19;/h4-8,11H,9-10H2,1-3H3;1H2. The molecule has 21 heavy (non-hydrogen) atoms. The summed E-state index contributed by atoms with van der Waals surface area (Å²) in [5.74, 6) is 1.52. The number of pyridine rings is 1. The number of methoxy groups -OCH3 is 1. The molecule has 1 aromatic carbocycles. The topological polar surface area (TPSA) is 71.4 Å². The van der Waals surface area contributed by atoms with Crippen LogP contribution in [-0.2, 0) is 17.9 Å². The molecule has 0 atom stereocenters. The normalized spacial score (nSPS) is 11.2. The molecule has 0 saturated heterocycles. The van der Waals surface area contributed by atoms with Crippen molar-refractivity contribution in [2.45, 2.75) is 27.0 Å². The van der Waals surface area contributed by atoms with Gasteiger partial charge >= 0.3 is 0 Å². The summed E-state index contributed by atoms with van der Waals surface area (Å²) in [7, 11) is 1.70. The lowest BCUT2D eigenvalue weighted by Gasteiger charge is -2.12. The molecule has 0 unspecified atom stereocenters. The Balaban J connectivity index is 0.00000161. The largest absolute Gasteiger partial charge is 0.412 e. The van der Waals surface area contributed by atoms with Gasteiger partial charge in [-0.25, -0.2) is 4.98 Å². The highest BCUT2D eigenvalue weighted by molar-refractivity contribution is 6.02. The first kappa shape index (κ1) is 15.4. The van der Waals surface area contributed by atoms with E-state index in [1.54, 1.807) is 7.11 Å². The van der Waals surface area contributed by atoms with Gasteiger partial charge in [0.25, 0.3) is 0 Å². The van der Waals surface area contributed by atoms with Crippen molar-refractivity contribution in [3.05, 3.63) is 36.3 Å². The summed E-state index contributed by atoms with van der Waals surface area (Å²) < 4.78 is 7.56. The van der Waals surface area contributed by atoms with Gasteiger partial charge in [-0.3, -0.25) is 4.98 Å². The second kappa shape index (κ2) is 6.20. The molecule has 0 fully saturated rings. The summed E-state index contributed by atoms with van der Waals surface area (Å²) in [6.45, 7) is 5.89. The average molecular weight is 287 g/mol. The highest BCUT2D eigenvalue weighted by Gasteiger charge is 2.14. The monoisotopic (exact) mass is 287 g/mol. The van der Waals surface area contributed by atoms with Crippen LogP contribution in [0.25, 0.3) is 21.9 Å². The fraction of sp³-hybridized carbons (Fsp3) is 0.375.